The van der Waals surface area contributed by atoms with Crippen molar-refractivity contribution in [3.05, 3.63) is 24.0 Å². The highest BCUT2D eigenvalue weighted by atomic mass is 19.1. The number of anilines is 1. The standard InChI is InChI=1S/C27H39FN4O2/c28-22-8-11-25-24(19-22)27(30-34-25)32-16-14-31(15-17-32)13-12-20-6-9-23(10-7-20)29-26(33)18-21-4-2-1-3-5-21/h8,11,19-21,23H,1-7,9-10,12-18H2,(H,29,33). The van der Waals surface area contributed by atoms with Crippen molar-refractivity contribution in [3.8, 4) is 0 Å². The molecular weight excluding hydrogens is 431 g/mol. The highest BCUT2D eigenvalue weighted by Gasteiger charge is 2.26. The summed E-state index contributed by atoms with van der Waals surface area (Å²) in [4.78, 5) is 17.2. The van der Waals surface area contributed by atoms with Gasteiger partial charge in [0.1, 0.15) is 5.82 Å². The van der Waals surface area contributed by atoms with Crippen LogP contribution in [0.2, 0.25) is 0 Å². The van der Waals surface area contributed by atoms with Crippen LogP contribution >= 0.6 is 0 Å². The van der Waals surface area contributed by atoms with Crippen LogP contribution in [0.5, 0.6) is 0 Å². The van der Waals surface area contributed by atoms with E-state index in [0.29, 0.717) is 17.5 Å². The molecule has 1 amide bonds. The number of fused-ring (bicyclic) bond motifs is 1. The van der Waals surface area contributed by atoms with Crippen LogP contribution in [0.3, 0.4) is 0 Å². The quantitative estimate of drug-likeness (QED) is 0.608. The monoisotopic (exact) mass is 470 g/mol. The zero-order valence-corrected chi connectivity index (χ0v) is 20.3. The van der Waals surface area contributed by atoms with E-state index in [1.165, 1.54) is 63.5 Å². The van der Waals surface area contributed by atoms with Gasteiger partial charge in [-0.25, -0.2) is 4.39 Å². The van der Waals surface area contributed by atoms with Gasteiger partial charge in [0.05, 0.1) is 5.39 Å². The number of nitrogens with one attached hydrogen (secondary N) is 1. The number of amides is 1. The zero-order valence-electron chi connectivity index (χ0n) is 20.3. The second kappa shape index (κ2) is 11.1. The minimum atomic E-state index is -0.255. The average Bonchev–Trinajstić information content (AvgIpc) is 3.27. The lowest BCUT2D eigenvalue weighted by Gasteiger charge is -2.36. The Morgan fingerprint density at radius 2 is 1.76 bits per heavy atom. The molecule has 2 saturated carbocycles. The summed E-state index contributed by atoms with van der Waals surface area (Å²) in [5.74, 6) is 2.18. The van der Waals surface area contributed by atoms with E-state index in [9.17, 15) is 9.18 Å². The molecule has 186 valence electrons. The first kappa shape index (κ1) is 23.6. The van der Waals surface area contributed by atoms with E-state index in [4.69, 9.17) is 4.52 Å². The van der Waals surface area contributed by atoms with Crippen LogP contribution in [0.15, 0.2) is 22.7 Å². The maximum atomic E-state index is 13.7. The maximum Gasteiger partial charge on any atom is 0.220 e. The molecule has 2 heterocycles. The summed E-state index contributed by atoms with van der Waals surface area (Å²) >= 11 is 0. The molecule has 34 heavy (non-hydrogen) atoms. The van der Waals surface area contributed by atoms with E-state index in [0.717, 1.165) is 69.1 Å². The van der Waals surface area contributed by atoms with Crippen molar-refractivity contribution >= 4 is 22.7 Å². The molecule has 1 aliphatic heterocycles. The van der Waals surface area contributed by atoms with Gasteiger partial charge in [0.25, 0.3) is 0 Å². The zero-order chi connectivity index (χ0) is 23.3. The first-order valence-electron chi connectivity index (χ1n) is 13.5. The lowest BCUT2D eigenvalue weighted by Crippen LogP contribution is -2.47. The molecule has 0 atom stereocenters. The van der Waals surface area contributed by atoms with Crippen LogP contribution in [0.1, 0.15) is 70.6 Å². The molecule has 1 N–H and O–H groups in total. The van der Waals surface area contributed by atoms with Gasteiger partial charge in [-0.2, -0.15) is 0 Å². The Balaban J connectivity index is 0.996. The van der Waals surface area contributed by atoms with Gasteiger partial charge in [-0.1, -0.05) is 24.4 Å². The summed E-state index contributed by atoms with van der Waals surface area (Å²) < 4.78 is 19.0. The highest BCUT2D eigenvalue weighted by molar-refractivity contribution is 5.88. The molecule has 3 fully saturated rings. The molecule has 1 aromatic carbocycles. The van der Waals surface area contributed by atoms with Gasteiger partial charge in [0, 0.05) is 38.6 Å². The van der Waals surface area contributed by atoms with Crippen molar-refractivity contribution < 1.29 is 13.7 Å². The minimum absolute atomic E-state index is 0.255. The lowest BCUT2D eigenvalue weighted by atomic mass is 9.83. The summed E-state index contributed by atoms with van der Waals surface area (Å²) in [7, 11) is 0. The van der Waals surface area contributed by atoms with E-state index < -0.39 is 0 Å². The number of hydrogen-bond acceptors (Lipinski definition) is 5. The number of aromatic nitrogens is 1. The molecule has 2 aliphatic carbocycles. The van der Waals surface area contributed by atoms with E-state index in [-0.39, 0.29) is 11.7 Å². The second-order valence-corrected chi connectivity index (χ2v) is 10.8. The van der Waals surface area contributed by atoms with Crippen LogP contribution in [-0.4, -0.2) is 54.7 Å². The third-order valence-electron chi connectivity index (χ3n) is 8.35. The Labute approximate surface area is 202 Å². The normalized spacial score (nSPS) is 25.0. The van der Waals surface area contributed by atoms with Gasteiger partial charge in [0.15, 0.2) is 11.4 Å². The van der Waals surface area contributed by atoms with Crippen LogP contribution in [0.4, 0.5) is 10.2 Å². The fraction of sp³-hybridized carbons (Fsp3) is 0.704. The molecule has 2 aromatic rings. The van der Waals surface area contributed by atoms with Crippen LogP contribution < -0.4 is 10.2 Å². The summed E-state index contributed by atoms with van der Waals surface area (Å²) in [5.41, 5.74) is 0.639. The fourth-order valence-electron chi connectivity index (χ4n) is 6.21. The van der Waals surface area contributed by atoms with E-state index in [1.54, 1.807) is 6.07 Å². The number of carbonyl (C=O) groups excluding carboxylic acids is 1. The third kappa shape index (κ3) is 5.91. The number of rotatable bonds is 7. The van der Waals surface area contributed by atoms with Crippen molar-refractivity contribution in [3.63, 3.8) is 0 Å². The number of hydrogen-bond donors (Lipinski definition) is 1. The van der Waals surface area contributed by atoms with Gasteiger partial charge in [-0.05, 0) is 81.5 Å². The highest BCUT2D eigenvalue weighted by Crippen LogP contribution is 2.30. The molecule has 1 aromatic heterocycles. The predicted molar refractivity (Wildman–Crippen MR) is 132 cm³/mol. The van der Waals surface area contributed by atoms with Crippen molar-refractivity contribution in [1.82, 2.24) is 15.4 Å². The Morgan fingerprint density at radius 1 is 1.00 bits per heavy atom. The first-order chi connectivity index (χ1) is 16.6. The molecule has 0 radical (unpaired) electrons. The Bertz CT molecular complexity index is 941. The van der Waals surface area contributed by atoms with Crippen molar-refractivity contribution in [2.45, 2.75) is 76.7 Å². The molecule has 0 bridgehead atoms. The Morgan fingerprint density at radius 3 is 2.53 bits per heavy atom. The van der Waals surface area contributed by atoms with Crippen molar-refractivity contribution in [2.75, 3.05) is 37.6 Å². The Kier molecular flexibility index (Phi) is 7.67. The number of benzene rings is 1. The summed E-state index contributed by atoms with van der Waals surface area (Å²) in [6, 6.07) is 4.96. The first-order valence-corrected chi connectivity index (χ1v) is 13.5. The fourth-order valence-corrected chi connectivity index (χ4v) is 6.21. The topological polar surface area (TPSA) is 61.6 Å². The largest absolute Gasteiger partial charge is 0.354 e. The number of halogens is 1. The average molecular weight is 471 g/mol. The Hall–Kier alpha value is -2.15. The molecule has 0 unspecified atom stereocenters. The van der Waals surface area contributed by atoms with Gasteiger partial charge >= 0.3 is 0 Å². The van der Waals surface area contributed by atoms with E-state index >= 15 is 0 Å². The predicted octanol–water partition coefficient (Wildman–Crippen LogP) is 5.12. The van der Waals surface area contributed by atoms with Crippen LogP contribution in [-0.2, 0) is 4.79 Å². The molecule has 1 saturated heterocycles. The number of piperazine rings is 1. The molecule has 6 nitrogen and oxygen atoms in total. The third-order valence-corrected chi connectivity index (χ3v) is 8.35. The lowest BCUT2D eigenvalue weighted by molar-refractivity contribution is -0.123. The molecule has 5 rings (SSSR count). The number of nitrogens with zero attached hydrogens (tertiary/aromatic N) is 3. The van der Waals surface area contributed by atoms with Crippen LogP contribution in [0.25, 0.3) is 11.0 Å². The van der Waals surface area contributed by atoms with E-state index in [2.05, 4.69) is 20.3 Å². The number of carbonyl (C=O) groups is 1. The van der Waals surface area contributed by atoms with Crippen LogP contribution in [0, 0.1) is 17.7 Å². The van der Waals surface area contributed by atoms with Crippen molar-refractivity contribution in [2.24, 2.45) is 11.8 Å². The molecular formula is C27H39FN4O2. The summed E-state index contributed by atoms with van der Waals surface area (Å²) in [6.07, 6.45) is 13.1. The maximum absolute atomic E-state index is 13.7. The van der Waals surface area contributed by atoms with Gasteiger partial charge in [0.2, 0.25) is 5.91 Å². The minimum Gasteiger partial charge on any atom is -0.354 e. The molecule has 7 heteroatoms. The van der Waals surface area contributed by atoms with Gasteiger partial charge < -0.3 is 14.7 Å². The summed E-state index contributed by atoms with van der Waals surface area (Å²) in [5, 5.41) is 8.30. The van der Waals surface area contributed by atoms with E-state index in [1.807, 2.05) is 0 Å². The second-order valence-electron chi connectivity index (χ2n) is 10.8. The molecule has 0 spiro atoms. The van der Waals surface area contributed by atoms with Gasteiger partial charge in [-0.3, -0.25) is 9.69 Å². The SMILES string of the molecule is O=C(CC1CCCCC1)NC1CCC(CCN2CCN(c3noc4ccc(F)cc34)CC2)CC1. The van der Waals surface area contributed by atoms with Gasteiger partial charge in [-0.15, -0.1) is 0 Å². The molecule has 3 aliphatic rings. The smallest absolute Gasteiger partial charge is 0.220 e. The summed E-state index contributed by atoms with van der Waals surface area (Å²) in [6.45, 7) is 4.90. The van der Waals surface area contributed by atoms with Crippen molar-refractivity contribution in [1.29, 1.82) is 0 Å².